The number of rotatable bonds is 6. The maximum Gasteiger partial charge on any atom is 0.333 e. The van der Waals surface area contributed by atoms with E-state index < -0.39 is 6.55 Å². The van der Waals surface area contributed by atoms with Crippen molar-refractivity contribution < 1.29 is 13.6 Å². The summed E-state index contributed by atoms with van der Waals surface area (Å²) < 4.78 is 28.5. The number of fused-ring (bicyclic) bond motifs is 1. The molecule has 2 N–H and O–H groups in total. The van der Waals surface area contributed by atoms with Gasteiger partial charge in [-0.3, -0.25) is 9.20 Å². The molecule has 11 nitrogen and oxygen atoms in total. The minimum Gasteiger partial charge on any atom is -0.357 e. The summed E-state index contributed by atoms with van der Waals surface area (Å²) in [6, 6.07) is 9.31. The van der Waals surface area contributed by atoms with E-state index in [4.69, 9.17) is 0 Å². The zero-order chi connectivity index (χ0) is 28.0. The van der Waals surface area contributed by atoms with Gasteiger partial charge in [-0.15, -0.1) is 0 Å². The third-order valence-corrected chi connectivity index (χ3v) is 7.98. The first-order valence-electron chi connectivity index (χ1n) is 13.4. The van der Waals surface area contributed by atoms with Crippen molar-refractivity contribution in [3.8, 4) is 22.5 Å². The molecule has 1 spiro atoms. The van der Waals surface area contributed by atoms with Crippen LogP contribution in [0.4, 0.5) is 26.2 Å². The second-order valence-electron chi connectivity index (χ2n) is 10.3. The number of pyridine rings is 2. The molecule has 2 saturated heterocycles. The SMILES string of the molecule is O=C1NCCC12CCN(c1ccc(Nc3nccc(-c4cnc5ccc(-c6cnn(C(F)F)c6)cn45)n3)cn1)CC2. The lowest BCUT2D eigenvalue weighted by atomic mass is 9.77. The second-order valence-corrected chi connectivity index (χ2v) is 10.3. The molecule has 5 aromatic rings. The number of carbonyl (C=O) groups is 1. The summed E-state index contributed by atoms with van der Waals surface area (Å²) in [5.74, 6) is 1.46. The number of anilines is 3. The van der Waals surface area contributed by atoms with Crippen molar-refractivity contribution in [1.29, 1.82) is 0 Å². The van der Waals surface area contributed by atoms with Crippen LogP contribution < -0.4 is 15.5 Å². The minimum absolute atomic E-state index is 0.193. The number of alkyl halides is 2. The van der Waals surface area contributed by atoms with Gasteiger partial charge in [0.1, 0.15) is 11.5 Å². The largest absolute Gasteiger partial charge is 0.357 e. The van der Waals surface area contributed by atoms with Crippen LogP contribution in [0.2, 0.25) is 0 Å². The van der Waals surface area contributed by atoms with Crippen molar-refractivity contribution in [1.82, 2.24) is 39.4 Å². The van der Waals surface area contributed by atoms with E-state index in [2.05, 4.69) is 40.6 Å². The van der Waals surface area contributed by atoms with Crippen LogP contribution in [0.3, 0.4) is 0 Å². The molecule has 0 atom stereocenters. The molecule has 2 aliphatic rings. The van der Waals surface area contributed by atoms with Crippen LogP contribution in [0, 0.1) is 5.41 Å². The van der Waals surface area contributed by atoms with Crippen LogP contribution in [0.1, 0.15) is 25.8 Å². The molecular formula is C28H26F2N10O. The zero-order valence-electron chi connectivity index (χ0n) is 21.9. The molecule has 0 aliphatic carbocycles. The van der Waals surface area contributed by atoms with Crippen LogP contribution >= 0.6 is 0 Å². The van der Waals surface area contributed by atoms with Crippen molar-refractivity contribution in [2.75, 3.05) is 29.9 Å². The highest BCUT2D eigenvalue weighted by atomic mass is 19.3. The van der Waals surface area contributed by atoms with Gasteiger partial charge in [-0.1, -0.05) is 0 Å². The smallest absolute Gasteiger partial charge is 0.333 e. The predicted molar refractivity (Wildman–Crippen MR) is 148 cm³/mol. The summed E-state index contributed by atoms with van der Waals surface area (Å²) in [6.45, 7) is -0.329. The van der Waals surface area contributed by atoms with E-state index in [-0.39, 0.29) is 11.3 Å². The van der Waals surface area contributed by atoms with E-state index in [0.29, 0.717) is 27.5 Å². The Kier molecular flexibility index (Phi) is 6.06. The quantitative estimate of drug-likeness (QED) is 0.318. The fourth-order valence-corrected chi connectivity index (χ4v) is 5.63. The highest BCUT2D eigenvalue weighted by Gasteiger charge is 2.44. The van der Waals surface area contributed by atoms with Gasteiger partial charge in [-0.25, -0.2) is 24.6 Å². The Bertz CT molecular complexity index is 1720. The third-order valence-electron chi connectivity index (χ3n) is 7.98. The Morgan fingerprint density at radius 2 is 1.80 bits per heavy atom. The van der Waals surface area contributed by atoms with Gasteiger partial charge in [-0.2, -0.15) is 13.9 Å². The molecule has 0 saturated carbocycles. The normalized spacial score (nSPS) is 16.6. The van der Waals surface area contributed by atoms with E-state index >= 15 is 0 Å². The van der Waals surface area contributed by atoms with Gasteiger partial charge < -0.3 is 15.5 Å². The zero-order valence-corrected chi connectivity index (χ0v) is 21.9. The fraction of sp³-hybridized carbons (Fsp3) is 0.286. The van der Waals surface area contributed by atoms with Crippen molar-refractivity contribution in [3.05, 3.63) is 67.5 Å². The summed E-state index contributed by atoms with van der Waals surface area (Å²) >= 11 is 0. The summed E-state index contributed by atoms with van der Waals surface area (Å²) in [4.78, 5) is 32.6. The number of amides is 1. The van der Waals surface area contributed by atoms with Crippen molar-refractivity contribution >= 4 is 29.0 Å². The van der Waals surface area contributed by atoms with E-state index in [9.17, 15) is 13.6 Å². The molecule has 2 fully saturated rings. The van der Waals surface area contributed by atoms with Gasteiger partial charge in [0.05, 0.1) is 41.1 Å². The minimum atomic E-state index is -2.70. The molecule has 0 bridgehead atoms. The van der Waals surface area contributed by atoms with Gasteiger partial charge in [0, 0.05) is 49.4 Å². The average molecular weight is 557 g/mol. The Balaban J connectivity index is 1.07. The van der Waals surface area contributed by atoms with E-state index in [1.54, 1.807) is 24.7 Å². The van der Waals surface area contributed by atoms with Gasteiger partial charge in [-0.05, 0) is 49.6 Å². The van der Waals surface area contributed by atoms with Crippen molar-refractivity contribution in [3.63, 3.8) is 0 Å². The number of imidazole rings is 1. The van der Waals surface area contributed by atoms with E-state index in [1.165, 1.54) is 12.4 Å². The molecular weight excluding hydrogens is 530 g/mol. The third kappa shape index (κ3) is 4.62. The summed E-state index contributed by atoms with van der Waals surface area (Å²) in [5.41, 5.74) is 3.87. The molecule has 41 heavy (non-hydrogen) atoms. The van der Waals surface area contributed by atoms with Crippen LogP contribution in [0.15, 0.2) is 67.5 Å². The molecule has 0 aromatic carbocycles. The van der Waals surface area contributed by atoms with Crippen LogP contribution in [-0.2, 0) is 4.79 Å². The van der Waals surface area contributed by atoms with E-state index in [0.717, 1.165) is 61.7 Å². The lowest BCUT2D eigenvalue weighted by Crippen LogP contribution is -2.44. The predicted octanol–water partition coefficient (Wildman–Crippen LogP) is 4.30. The average Bonchev–Trinajstić information content (AvgIpc) is 3.73. The Hall–Kier alpha value is -4.94. The Morgan fingerprint density at radius 3 is 2.54 bits per heavy atom. The number of piperidine rings is 1. The summed E-state index contributed by atoms with van der Waals surface area (Å²) in [7, 11) is 0. The maximum absolute atomic E-state index is 13.0. The topological polar surface area (TPSA) is 118 Å². The first-order valence-corrected chi connectivity index (χ1v) is 13.4. The molecule has 208 valence electrons. The van der Waals surface area contributed by atoms with Gasteiger partial charge >= 0.3 is 6.55 Å². The lowest BCUT2D eigenvalue weighted by Gasteiger charge is -2.37. The molecule has 0 unspecified atom stereocenters. The van der Waals surface area contributed by atoms with Crippen LogP contribution in [-0.4, -0.2) is 59.7 Å². The highest BCUT2D eigenvalue weighted by molar-refractivity contribution is 5.85. The number of hydrogen-bond donors (Lipinski definition) is 2. The molecule has 2 aliphatic heterocycles. The summed E-state index contributed by atoms with van der Waals surface area (Å²) in [5, 5.41) is 9.92. The number of carbonyl (C=O) groups excluding carboxylic acids is 1. The number of halogens is 2. The maximum atomic E-state index is 13.0. The first-order chi connectivity index (χ1) is 20.0. The Morgan fingerprint density at radius 1 is 0.927 bits per heavy atom. The molecule has 1 amide bonds. The molecule has 7 rings (SSSR count). The number of nitrogens with zero attached hydrogens (tertiary/aromatic N) is 8. The molecule has 0 radical (unpaired) electrons. The lowest BCUT2D eigenvalue weighted by molar-refractivity contribution is -0.128. The second kappa shape index (κ2) is 9.91. The van der Waals surface area contributed by atoms with Crippen molar-refractivity contribution in [2.24, 2.45) is 5.41 Å². The van der Waals surface area contributed by atoms with Crippen molar-refractivity contribution in [2.45, 2.75) is 25.8 Å². The van der Waals surface area contributed by atoms with Crippen LogP contribution in [0.25, 0.3) is 28.2 Å². The van der Waals surface area contributed by atoms with Crippen LogP contribution in [0.5, 0.6) is 0 Å². The summed E-state index contributed by atoms with van der Waals surface area (Å²) in [6.07, 6.45) is 12.2. The number of nitrogens with one attached hydrogen (secondary N) is 2. The van der Waals surface area contributed by atoms with Gasteiger partial charge in [0.25, 0.3) is 0 Å². The number of aromatic nitrogens is 7. The standard InChI is InChI=1S/C28H26F2N10O/c29-26(30)40-17-19(13-35-40)18-1-3-24-34-15-22(39(24)16-18)21-5-9-32-27(37-21)36-20-2-4-23(33-14-20)38-11-7-28(8-12-38)6-10-31-25(28)41/h1-5,9,13-17,26H,6-8,10-12H2,(H,31,41)(H,32,36,37). The Labute approximate surface area is 233 Å². The van der Waals surface area contributed by atoms with E-state index in [1.807, 2.05) is 34.9 Å². The molecule has 5 aromatic heterocycles. The highest BCUT2D eigenvalue weighted by Crippen LogP contribution is 2.39. The molecule has 7 heterocycles. The first kappa shape index (κ1) is 25.1. The number of hydrogen-bond acceptors (Lipinski definition) is 8. The monoisotopic (exact) mass is 556 g/mol. The van der Waals surface area contributed by atoms with Gasteiger partial charge in [0.2, 0.25) is 11.9 Å². The molecule has 13 heteroatoms. The van der Waals surface area contributed by atoms with Gasteiger partial charge in [0.15, 0.2) is 0 Å². The fourth-order valence-electron chi connectivity index (χ4n) is 5.63.